The number of ether oxygens (including phenoxy) is 1. The lowest BCUT2D eigenvalue weighted by Crippen LogP contribution is -2.35. The van der Waals surface area contributed by atoms with Gasteiger partial charge in [-0.05, 0) is 50.2 Å². The smallest absolute Gasteiger partial charge is 0.263 e. The Bertz CT molecular complexity index is 997. The maximum Gasteiger partial charge on any atom is 0.263 e. The molecule has 148 valence electrons. The first-order valence-corrected chi connectivity index (χ1v) is 11.9. The summed E-state index contributed by atoms with van der Waals surface area (Å²) in [4.78, 5) is 23.1. The Labute approximate surface area is 172 Å². The van der Waals surface area contributed by atoms with Gasteiger partial charge in [-0.2, -0.15) is 0 Å². The van der Waals surface area contributed by atoms with E-state index in [0.29, 0.717) is 6.54 Å². The van der Waals surface area contributed by atoms with Gasteiger partial charge in [-0.3, -0.25) is 14.3 Å². The maximum absolute atomic E-state index is 13.6. The van der Waals surface area contributed by atoms with Crippen LogP contribution in [0.3, 0.4) is 0 Å². The van der Waals surface area contributed by atoms with Crippen LogP contribution in [-0.4, -0.2) is 40.3 Å². The van der Waals surface area contributed by atoms with Gasteiger partial charge in [-0.15, -0.1) is 22.7 Å². The molecule has 28 heavy (non-hydrogen) atoms. The molecule has 0 aromatic carbocycles. The van der Waals surface area contributed by atoms with Crippen LogP contribution in [0.1, 0.15) is 37.9 Å². The van der Waals surface area contributed by atoms with Gasteiger partial charge in [-0.25, -0.2) is 4.98 Å². The van der Waals surface area contributed by atoms with E-state index in [1.807, 2.05) is 10.6 Å². The summed E-state index contributed by atoms with van der Waals surface area (Å²) in [5, 5.41) is 4.92. The third-order valence-corrected chi connectivity index (χ3v) is 7.56. The monoisotopic (exact) mass is 415 g/mol. The minimum Gasteiger partial charge on any atom is -0.376 e. The normalized spacial score (nSPS) is 20.9. The zero-order valence-electron chi connectivity index (χ0n) is 15.9. The molecule has 0 spiro atoms. The lowest BCUT2D eigenvalue weighted by Gasteiger charge is -2.27. The van der Waals surface area contributed by atoms with E-state index >= 15 is 0 Å². The largest absolute Gasteiger partial charge is 0.376 e. The fourth-order valence-corrected chi connectivity index (χ4v) is 6.07. The molecule has 2 fully saturated rings. The van der Waals surface area contributed by atoms with Crippen molar-refractivity contribution in [3.63, 3.8) is 0 Å². The zero-order chi connectivity index (χ0) is 18.9. The molecule has 0 saturated carbocycles. The van der Waals surface area contributed by atoms with Crippen molar-refractivity contribution < 1.29 is 4.74 Å². The van der Waals surface area contributed by atoms with Gasteiger partial charge < -0.3 is 4.74 Å². The third-order valence-electron chi connectivity index (χ3n) is 5.78. The Morgan fingerprint density at radius 2 is 2.07 bits per heavy atom. The molecule has 3 aromatic rings. The number of thiophene rings is 2. The Hall–Kier alpha value is -1.54. The van der Waals surface area contributed by atoms with E-state index in [4.69, 9.17) is 9.72 Å². The maximum atomic E-state index is 13.6. The molecule has 0 amide bonds. The third kappa shape index (κ3) is 3.56. The molecule has 5 nitrogen and oxygen atoms in total. The summed E-state index contributed by atoms with van der Waals surface area (Å²) in [6, 6.07) is 4.12. The summed E-state index contributed by atoms with van der Waals surface area (Å²) in [5.74, 6) is 0.898. The molecule has 1 atom stereocenters. The first-order chi connectivity index (χ1) is 13.8. The standard InChI is InChI=1S/C21H25N3O2S2/c25-21-19-16(17-7-5-11-27-17)14-28-20(19)22-18(13-23-8-2-1-3-9-23)24(21)12-15-6-4-10-26-15/h5,7,11,14-15H,1-4,6,8-10,12-13H2/t15-/m0/s1. The van der Waals surface area contributed by atoms with Crippen LogP contribution in [0.25, 0.3) is 20.7 Å². The highest BCUT2D eigenvalue weighted by atomic mass is 32.1. The molecule has 2 saturated heterocycles. The summed E-state index contributed by atoms with van der Waals surface area (Å²) in [5.41, 5.74) is 1.12. The summed E-state index contributed by atoms with van der Waals surface area (Å²) in [7, 11) is 0. The van der Waals surface area contributed by atoms with Crippen LogP contribution in [0.4, 0.5) is 0 Å². The van der Waals surface area contributed by atoms with E-state index in [-0.39, 0.29) is 11.7 Å². The highest BCUT2D eigenvalue weighted by molar-refractivity contribution is 7.18. The number of likely N-dealkylation sites (tertiary alicyclic amines) is 1. The molecule has 0 unspecified atom stereocenters. The van der Waals surface area contributed by atoms with Crippen LogP contribution in [0, 0.1) is 0 Å². The highest BCUT2D eigenvalue weighted by Crippen LogP contribution is 2.34. The summed E-state index contributed by atoms with van der Waals surface area (Å²) in [6.07, 6.45) is 6.01. The minimum absolute atomic E-state index is 0.0946. The second kappa shape index (κ2) is 8.06. The van der Waals surface area contributed by atoms with Gasteiger partial charge in [0.25, 0.3) is 5.56 Å². The van der Waals surface area contributed by atoms with E-state index in [0.717, 1.165) is 65.6 Å². The molecule has 2 aliphatic rings. The Balaban J connectivity index is 1.59. The number of hydrogen-bond donors (Lipinski definition) is 0. The molecule has 0 radical (unpaired) electrons. The van der Waals surface area contributed by atoms with Crippen molar-refractivity contribution in [1.82, 2.24) is 14.5 Å². The van der Waals surface area contributed by atoms with Crippen LogP contribution in [-0.2, 0) is 17.8 Å². The molecule has 5 heterocycles. The SMILES string of the molecule is O=c1c2c(-c3cccs3)csc2nc(CN2CCCCC2)n1C[C@@H]1CCCO1. The van der Waals surface area contributed by atoms with E-state index < -0.39 is 0 Å². The van der Waals surface area contributed by atoms with Gasteiger partial charge in [0.2, 0.25) is 0 Å². The minimum atomic E-state index is 0.0946. The van der Waals surface area contributed by atoms with Crippen LogP contribution in [0.15, 0.2) is 27.7 Å². The van der Waals surface area contributed by atoms with Crippen LogP contribution in [0.2, 0.25) is 0 Å². The fraction of sp³-hybridized carbons (Fsp3) is 0.524. The number of aromatic nitrogens is 2. The van der Waals surface area contributed by atoms with Crippen molar-refractivity contribution in [3.05, 3.63) is 39.1 Å². The van der Waals surface area contributed by atoms with Gasteiger partial charge in [0.1, 0.15) is 10.7 Å². The average molecular weight is 416 g/mol. The van der Waals surface area contributed by atoms with Crippen molar-refractivity contribution >= 4 is 32.9 Å². The van der Waals surface area contributed by atoms with E-state index in [9.17, 15) is 4.79 Å². The van der Waals surface area contributed by atoms with Gasteiger partial charge in [-0.1, -0.05) is 12.5 Å². The van der Waals surface area contributed by atoms with E-state index in [1.54, 1.807) is 22.7 Å². The second-order valence-corrected chi connectivity index (χ2v) is 9.53. The van der Waals surface area contributed by atoms with Gasteiger partial charge >= 0.3 is 0 Å². The Kier molecular flexibility index (Phi) is 5.32. The molecule has 7 heteroatoms. The Morgan fingerprint density at radius 3 is 2.82 bits per heavy atom. The molecular formula is C21H25N3O2S2. The lowest BCUT2D eigenvalue weighted by molar-refractivity contribution is 0.0939. The van der Waals surface area contributed by atoms with E-state index in [1.165, 1.54) is 19.3 Å². The summed E-state index contributed by atoms with van der Waals surface area (Å²) < 4.78 is 7.77. The van der Waals surface area contributed by atoms with Gasteiger partial charge in [0, 0.05) is 22.4 Å². The molecule has 0 aliphatic carbocycles. The van der Waals surface area contributed by atoms with E-state index in [2.05, 4.69) is 21.7 Å². The Morgan fingerprint density at radius 1 is 1.18 bits per heavy atom. The molecular weight excluding hydrogens is 390 g/mol. The quantitative estimate of drug-likeness (QED) is 0.622. The van der Waals surface area contributed by atoms with Crippen molar-refractivity contribution in [2.24, 2.45) is 0 Å². The number of rotatable bonds is 5. The fourth-order valence-electron chi connectivity index (χ4n) is 4.30. The van der Waals surface area contributed by atoms with Gasteiger partial charge in [0.15, 0.2) is 0 Å². The molecule has 2 aliphatic heterocycles. The summed E-state index contributed by atoms with van der Waals surface area (Å²) >= 11 is 3.26. The first-order valence-electron chi connectivity index (χ1n) is 10.2. The van der Waals surface area contributed by atoms with Crippen molar-refractivity contribution in [2.45, 2.75) is 51.3 Å². The van der Waals surface area contributed by atoms with Crippen LogP contribution >= 0.6 is 22.7 Å². The number of piperidine rings is 1. The molecule has 3 aromatic heterocycles. The predicted molar refractivity (Wildman–Crippen MR) is 115 cm³/mol. The number of fused-ring (bicyclic) bond motifs is 1. The summed E-state index contributed by atoms with van der Waals surface area (Å²) in [6.45, 7) is 4.36. The molecule has 0 N–H and O–H groups in total. The van der Waals surface area contributed by atoms with Crippen LogP contribution in [0.5, 0.6) is 0 Å². The molecule has 0 bridgehead atoms. The van der Waals surface area contributed by atoms with Crippen LogP contribution < -0.4 is 5.56 Å². The number of nitrogens with zero attached hydrogens (tertiary/aromatic N) is 3. The predicted octanol–water partition coefficient (Wildman–Crippen LogP) is 4.35. The first kappa shape index (κ1) is 18.5. The average Bonchev–Trinajstić information content (AvgIpc) is 3.46. The van der Waals surface area contributed by atoms with Crippen molar-refractivity contribution in [3.8, 4) is 10.4 Å². The van der Waals surface area contributed by atoms with Gasteiger partial charge in [0.05, 0.1) is 24.6 Å². The topological polar surface area (TPSA) is 47.4 Å². The zero-order valence-corrected chi connectivity index (χ0v) is 17.6. The lowest BCUT2D eigenvalue weighted by atomic mass is 10.1. The van der Waals surface area contributed by atoms with Crippen molar-refractivity contribution in [2.75, 3.05) is 19.7 Å². The highest BCUT2D eigenvalue weighted by Gasteiger charge is 2.23. The number of hydrogen-bond acceptors (Lipinski definition) is 6. The second-order valence-electron chi connectivity index (χ2n) is 7.72. The molecule has 5 rings (SSSR count). The van der Waals surface area contributed by atoms with Crippen molar-refractivity contribution in [1.29, 1.82) is 0 Å².